The number of hydrogen-bond acceptors (Lipinski definition) is 1. The highest BCUT2D eigenvalue weighted by molar-refractivity contribution is 7.19. The molecule has 0 fully saturated rings. The molecule has 3 heteroatoms. The summed E-state index contributed by atoms with van der Waals surface area (Å²) in [6, 6.07) is 70.6. The van der Waals surface area contributed by atoms with E-state index in [4.69, 9.17) is 4.42 Å². The molecule has 0 saturated heterocycles. The van der Waals surface area contributed by atoms with E-state index in [-0.39, 0.29) is 10.8 Å². The Kier molecular flexibility index (Phi) is 8.06. The van der Waals surface area contributed by atoms with Gasteiger partial charge in [0.15, 0.2) is 8.07 Å². The van der Waals surface area contributed by atoms with Gasteiger partial charge in [-0.1, -0.05) is 167 Å². The van der Waals surface area contributed by atoms with Crippen LogP contribution in [0.25, 0.3) is 60.6 Å². The van der Waals surface area contributed by atoms with Crippen molar-refractivity contribution in [2.24, 2.45) is 0 Å². The predicted octanol–water partition coefficient (Wildman–Crippen LogP) is 12.1. The summed E-state index contributed by atoms with van der Waals surface area (Å²) in [5, 5.41) is 10.4. The van der Waals surface area contributed by atoms with Crippen molar-refractivity contribution in [2.75, 3.05) is 0 Å². The topological polar surface area (TPSA) is 18.1 Å². The number of aromatic nitrogens is 1. The zero-order valence-corrected chi connectivity index (χ0v) is 35.2. The Morgan fingerprint density at radius 1 is 0.407 bits per heavy atom. The Labute approximate surface area is 347 Å². The first kappa shape index (κ1) is 35.7. The van der Waals surface area contributed by atoms with Gasteiger partial charge >= 0.3 is 0 Å². The number of nitrogens with zero attached hydrogens (tertiary/aromatic N) is 1. The Bertz CT molecular complexity index is 3160. The van der Waals surface area contributed by atoms with Crippen LogP contribution in [-0.2, 0) is 10.8 Å². The maximum atomic E-state index is 6.16. The average molecular weight is 778 g/mol. The van der Waals surface area contributed by atoms with E-state index in [1.807, 2.05) is 12.1 Å². The van der Waals surface area contributed by atoms with E-state index < -0.39 is 8.07 Å². The highest BCUT2D eigenvalue weighted by Crippen LogP contribution is 2.45. The SMILES string of the molecule is CC1(C)CCC(C)(C)c2cc([Si](c3ccccc3)(c3ccccc3)c3ccc(-n4c5ccccc5c5cc(-c6ccc7oc8ccccc8c7c6)ccc54)cc3)ccc21. The molecule has 2 aromatic heterocycles. The third kappa shape index (κ3) is 5.52. The molecular formula is C56H47NOSi. The van der Waals surface area contributed by atoms with Crippen LogP contribution in [0.4, 0.5) is 0 Å². The fourth-order valence-electron chi connectivity index (χ4n) is 10.4. The van der Waals surface area contributed by atoms with Gasteiger partial charge in [0, 0.05) is 27.2 Å². The standard InChI is InChI=1S/C56H47NOSi/c1-55(2)33-34-56(3,4)50-37-44(29-30-49(50)55)59(41-15-7-5-8-16-41,42-17-9-6-10-18-42)43-27-25-40(26-28-43)57-51-21-13-11-19-45(51)47-35-38(23-31-52(47)57)39-24-32-54-48(36-39)46-20-12-14-22-53(46)58-54/h5-32,35-37H,33-34H2,1-4H3. The largest absolute Gasteiger partial charge is 0.456 e. The zero-order chi connectivity index (χ0) is 39.9. The molecule has 2 heterocycles. The average Bonchev–Trinajstić information content (AvgIpc) is 3.82. The second-order valence-corrected chi connectivity index (χ2v) is 21.8. The predicted molar refractivity (Wildman–Crippen MR) is 252 cm³/mol. The van der Waals surface area contributed by atoms with Crippen molar-refractivity contribution in [3.05, 3.63) is 199 Å². The van der Waals surface area contributed by atoms with Crippen molar-refractivity contribution in [1.82, 2.24) is 4.57 Å². The Morgan fingerprint density at radius 3 is 1.64 bits per heavy atom. The first-order valence-electron chi connectivity index (χ1n) is 21.0. The van der Waals surface area contributed by atoms with Crippen molar-refractivity contribution in [1.29, 1.82) is 0 Å². The minimum absolute atomic E-state index is 0.106. The molecular weight excluding hydrogens is 731 g/mol. The van der Waals surface area contributed by atoms with Crippen molar-refractivity contribution in [2.45, 2.75) is 51.4 Å². The maximum absolute atomic E-state index is 6.16. The Hall–Kier alpha value is -6.42. The quantitative estimate of drug-likeness (QED) is 0.121. The molecule has 0 bridgehead atoms. The minimum atomic E-state index is -2.78. The molecule has 1 aliphatic carbocycles. The molecule has 286 valence electrons. The Balaban J connectivity index is 1.09. The van der Waals surface area contributed by atoms with Crippen LogP contribution in [0.5, 0.6) is 0 Å². The highest BCUT2D eigenvalue weighted by Gasteiger charge is 2.44. The van der Waals surface area contributed by atoms with Crippen LogP contribution in [0.2, 0.25) is 0 Å². The highest BCUT2D eigenvalue weighted by atomic mass is 28.3. The summed E-state index contributed by atoms with van der Waals surface area (Å²) < 4.78 is 8.61. The van der Waals surface area contributed by atoms with E-state index in [1.54, 1.807) is 0 Å². The molecule has 0 spiro atoms. The number of fused-ring (bicyclic) bond motifs is 7. The second kappa shape index (κ2) is 13.3. The lowest BCUT2D eigenvalue weighted by Crippen LogP contribution is -2.74. The van der Waals surface area contributed by atoms with E-state index in [0.29, 0.717) is 0 Å². The van der Waals surface area contributed by atoms with Crippen LogP contribution < -0.4 is 20.7 Å². The number of para-hydroxylation sites is 2. The lowest BCUT2D eigenvalue weighted by atomic mass is 9.63. The minimum Gasteiger partial charge on any atom is -0.456 e. The summed E-state index contributed by atoms with van der Waals surface area (Å²) >= 11 is 0. The number of hydrogen-bond donors (Lipinski definition) is 0. The normalized spacial score (nSPS) is 14.9. The molecule has 0 atom stereocenters. The first-order chi connectivity index (χ1) is 28.7. The summed E-state index contributed by atoms with van der Waals surface area (Å²) in [6.07, 6.45) is 2.39. The molecule has 0 saturated carbocycles. The van der Waals surface area contributed by atoms with Crippen LogP contribution in [0, 0.1) is 0 Å². The van der Waals surface area contributed by atoms with Crippen LogP contribution in [-0.4, -0.2) is 12.6 Å². The number of furan rings is 1. The van der Waals surface area contributed by atoms with Gasteiger partial charge in [0.25, 0.3) is 0 Å². The molecule has 2 nitrogen and oxygen atoms in total. The van der Waals surface area contributed by atoms with Crippen LogP contribution in [0.15, 0.2) is 192 Å². The zero-order valence-electron chi connectivity index (χ0n) is 34.2. The maximum Gasteiger partial charge on any atom is 0.179 e. The van der Waals surface area contributed by atoms with E-state index in [0.717, 1.165) is 27.6 Å². The Morgan fingerprint density at radius 2 is 0.932 bits per heavy atom. The lowest BCUT2D eigenvalue weighted by Gasteiger charge is -2.43. The van der Waals surface area contributed by atoms with Crippen LogP contribution in [0.1, 0.15) is 51.7 Å². The van der Waals surface area contributed by atoms with Gasteiger partial charge in [0.2, 0.25) is 0 Å². The molecule has 59 heavy (non-hydrogen) atoms. The van der Waals surface area contributed by atoms with E-state index in [1.165, 1.54) is 77.6 Å². The molecule has 0 radical (unpaired) electrons. The molecule has 0 N–H and O–H groups in total. The molecule has 0 aliphatic heterocycles. The van der Waals surface area contributed by atoms with E-state index >= 15 is 0 Å². The summed E-state index contributed by atoms with van der Waals surface area (Å²) in [4.78, 5) is 0. The fourth-order valence-corrected chi connectivity index (χ4v) is 15.1. The van der Waals surface area contributed by atoms with Gasteiger partial charge < -0.3 is 8.98 Å². The third-order valence-corrected chi connectivity index (χ3v) is 18.4. The monoisotopic (exact) mass is 777 g/mol. The van der Waals surface area contributed by atoms with Gasteiger partial charge in [-0.05, 0) is 115 Å². The summed E-state index contributed by atoms with van der Waals surface area (Å²) in [5.41, 5.74) is 11.1. The van der Waals surface area contributed by atoms with Crippen molar-refractivity contribution in [3.63, 3.8) is 0 Å². The number of benzene rings is 8. The molecule has 10 aromatic rings. The van der Waals surface area contributed by atoms with Gasteiger partial charge in [-0.2, -0.15) is 0 Å². The summed E-state index contributed by atoms with van der Waals surface area (Å²) in [6.45, 7) is 9.75. The van der Waals surface area contributed by atoms with Gasteiger partial charge in [-0.3, -0.25) is 0 Å². The third-order valence-electron chi connectivity index (χ3n) is 13.6. The molecule has 1 aliphatic rings. The van der Waals surface area contributed by atoms with E-state index in [9.17, 15) is 0 Å². The van der Waals surface area contributed by atoms with Gasteiger partial charge in [-0.25, -0.2) is 0 Å². The molecule has 0 unspecified atom stereocenters. The second-order valence-electron chi connectivity index (χ2n) is 18.0. The molecule has 8 aromatic carbocycles. The summed E-state index contributed by atoms with van der Waals surface area (Å²) in [5.74, 6) is 0. The van der Waals surface area contributed by atoms with Crippen molar-refractivity contribution in [3.8, 4) is 16.8 Å². The number of rotatable bonds is 6. The summed E-state index contributed by atoms with van der Waals surface area (Å²) in [7, 11) is -2.78. The molecule has 0 amide bonds. The van der Waals surface area contributed by atoms with Crippen molar-refractivity contribution >= 4 is 72.6 Å². The van der Waals surface area contributed by atoms with E-state index in [2.05, 4.69) is 208 Å². The van der Waals surface area contributed by atoms with Crippen LogP contribution in [0.3, 0.4) is 0 Å². The lowest BCUT2D eigenvalue weighted by molar-refractivity contribution is 0.332. The fraction of sp³-hybridized carbons (Fsp3) is 0.143. The first-order valence-corrected chi connectivity index (χ1v) is 23.0. The molecule has 11 rings (SSSR count). The van der Waals surface area contributed by atoms with Gasteiger partial charge in [0.05, 0.1) is 11.0 Å². The van der Waals surface area contributed by atoms with Gasteiger partial charge in [0.1, 0.15) is 11.2 Å². The van der Waals surface area contributed by atoms with Gasteiger partial charge in [-0.15, -0.1) is 0 Å². The van der Waals surface area contributed by atoms with Crippen molar-refractivity contribution < 1.29 is 4.42 Å². The van der Waals surface area contributed by atoms with Crippen LogP contribution >= 0.6 is 0 Å². The smallest absolute Gasteiger partial charge is 0.179 e.